The van der Waals surface area contributed by atoms with Crippen LogP contribution in [-0.2, 0) is 6.42 Å². The summed E-state index contributed by atoms with van der Waals surface area (Å²) >= 11 is 0. The van der Waals surface area contributed by atoms with Gasteiger partial charge in [0.1, 0.15) is 0 Å². The molecule has 3 aromatic rings. The minimum Gasteiger partial charge on any atom is -0.487 e. The predicted octanol–water partition coefficient (Wildman–Crippen LogP) is 1.66. The van der Waals surface area contributed by atoms with Crippen molar-refractivity contribution in [3.05, 3.63) is 53.0 Å². The summed E-state index contributed by atoms with van der Waals surface area (Å²) in [7, 11) is 0. The van der Waals surface area contributed by atoms with Gasteiger partial charge < -0.3 is 29.4 Å². The second-order valence-electron chi connectivity index (χ2n) is 9.30. The monoisotopic (exact) mass is 480 g/mol. The molecule has 186 valence electrons. The van der Waals surface area contributed by atoms with Crippen molar-refractivity contribution in [3.63, 3.8) is 0 Å². The fourth-order valence-electron chi connectivity index (χ4n) is 4.90. The molecule has 11 nitrogen and oxygen atoms in total. The Morgan fingerprint density at radius 2 is 1.94 bits per heavy atom. The smallest absolute Gasteiger partial charge is 0.324 e. The van der Waals surface area contributed by atoms with E-state index in [0.29, 0.717) is 36.7 Å². The molecule has 2 fully saturated rings. The topological polar surface area (TPSA) is 128 Å². The SMILES string of the molecule is CCc1noc(N2CCC([C@H](C)Oc3cnc(N4C[C@@H](N)[C@H](n5ccccc5=O)C4)nc3)CC2)n1. The maximum absolute atomic E-state index is 12.2. The molecule has 3 aromatic heterocycles. The van der Waals surface area contributed by atoms with Crippen molar-refractivity contribution in [2.45, 2.75) is 51.3 Å². The van der Waals surface area contributed by atoms with Gasteiger partial charge in [0.2, 0.25) is 5.95 Å². The Hall–Kier alpha value is -3.47. The van der Waals surface area contributed by atoms with E-state index in [4.69, 9.17) is 15.0 Å². The number of aryl methyl sites for hydroxylation is 1. The molecule has 11 heteroatoms. The summed E-state index contributed by atoms with van der Waals surface area (Å²) in [4.78, 5) is 29.8. The Bertz CT molecular complexity index is 1170. The van der Waals surface area contributed by atoms with E-state index >= 15 is 0 Å². The van der Waals surface area contributed by atoms with Gasteiger partial charge >= 0.3 is 6.01 Å². The molecule has 2 N–H and O–H groups in total. The lowest BCUT2D eigenvalue weighted by atomic mass is 9.92. The third-order valence-electron chi connectivity index (χ3n) is 7.01. The minimum absolute atomic E-state index is 0.0371. The molecule has 5 rings (SSSR count). The highest BCUT2D eigenvalue weighted by Crippen LogP contribution is 2.28. The summed E-state index contributed by atoms with van der Waals surface area (Å²) in [6, 6.07) is 5.45. The van der Waals surface area contributed by atoms with Crippen LogP contribution < -0.4 is 25.8 Å². The summed E-state index contributed by atoms with van der Waals surface area (Å²) in [5.41, 5.74) is 6.29. The van der Waals surface area contributed by atoms with E-state index < -0.39 is 0 Å². The van der Waals surface area contributed by atoms with Gasteiger partial charge in [-0.1, -0.05) is 18.1 Å². The fraction of sp³-hybridized carbons (Fsp3) is 0.542. The van der Waals surface area contributed by atoms with Gasteiger partial charge in [-0.3, -0.25) is 4.79 Å². The van der Waals surface area contributed by atoms with E-state index in [0.717, 1.165) is 38.2 Å². The highest BCUT2D eigenvalue weighted by Gasteiger charge is 2.33. The molecule has 0 aromatic carbocycles. The molecule has 2 aliphatic rings. The average Bonchev–Trinajstić information content (AvgIpc) is 3.52. The first-order chi connectivity index (χ1) is 17.0. The van der Waals surface area contributed by atoms with Crippen LogP contribution in [0.25, 0.3) is 0 Å². The van der Waals surface area contributed by atoms with Gasteiger partial charge in [0.05, 0.1) is 24.5 Å². The van der Waals surface area contributed by atoms with Crippen LogP contribution in [0.4, 0.5) is 12.0 Å². The van der Waals surface area contributed by atoms with Gasteiger partial charge in [0.15, 0.2) is 11.6 Å². The molecule has 0 saturated carbocycles. The molecule has 3 atom stereocenters. The molecule has 0 unspecified atom stereocenters. The molecule has 0 bridgehead atoms. The van der Waals surface area contributed by atoms with Crippen molar-refractivity contribution in [3.8, 4) is 5.75 Å². The van der Waals surface area contributed by atoms with E-state index in [1.165, 1.54) is 0 Å². The Kier molecular flexibility index (Phi) is 6.67. The first kappa shape index (κ1) is 23.3. The quantitative estimate of drug-likeness (QED) is 0.533. The molecule has 0 aliphatic carbocycles. The Morgan fingerprint density at radius 1 is 1.17 bits per heavy atom. The van der Waals surface area contributed by atoms with Crippen molar-refractivity contribution >= 4 is 12.0 Å². The fourth-order valence-corrected chi connectivity index (χ4v) is 4.90. The van der Waals surface area contributed by atoms with E-state index in [1.54, 1.807) is 35.3 Å². The predicted molar refractivity (Wildman–Crippen MR) is 131 cm³/mol. The first-order valence-electron chi connectivity index (χ1n) is 12.3. The third-order valence-corrected chi connectivity index (χ3v) is 7.01. The van der Waals surface area contributed by atoms with Crippen LogP contribution in [0.3, 0.4) is 0 Å². The lowest BCUT2D eigenvalue weighted by Gasteiger charge is -2.33. The number of aromatic nitrogens is 5. The number of hydrogen-bond acceptors (Lipinski definition) is 10. The maximum atomic E-state index is 12.2. The number of pyridine rings is 1. The molecular formula is C24H32N8O3. The van der Waals surface area contributed by atoms with Gasteiger partial charge in [-0.25, -0.2) is 9.97 Å². The number of anilines is 2. The summed E-state index contributed by atoms with van der Waals surface area (Å²) in [5.74, 6) is 2.39. The van der Waals surface area contributed by atoms with Crippen LogP contribution in [0.5, 0.6) is 5.75 Å². The summed E-state index contributed by atoms with van der Waals surface area (Å²) in [6.45, 7) is 7.00. The first-order valence-corrected chi connectivity index (χ1v) is 12.3. The summed E-state index contributed by atoms with van der Waals surface area (Å²) < 4.78 is 13.2. The van der Waals surface area contributed by atoms with Gasteiger partial charge in [-0.05, 0) is 31.7 Å². The summed E-state index contributed by atoms with van der Waals surface area (Å²) in [6.07, 6.45) is 7.98. The van der Waals surface area contributed by atoms with E-state index in [-0.39, 0.29) is 23.7 Å². The van der Waals surface area contributed by atoms with E-state index in [2.05, 4.69) is 31.9 Å². The highest BCUT2D eigenvalue weighted by atomic mass is 16.5. The van der Waals surface area contributed by atoms with Crippen molar-refractivity contribution in [1.82, 2.24) is 24.7 Å². The van der Waals surface area contributed by atoms with Crippen LogP contribution in [0, 0.1) is 5.92 Å². The second kappa shape index (κ2) is 10.0. The highest BCUT2D eigenvalue weighted by molar-refractivity contribution is 5.35. The number of nitrogens with two attached hydrogens (primary N) is 1. The third kappa shape index (κ3) is 5.00. The molecule has 0 spiro atoms. The van der Waals surface area contributed by atoms with Crippen molar-refractivity contribution in [2.75, 3.05) is 36.0 Å². The normalized spacial score (nSPS) is 21.9. The molecule has 35 heavy (non-hydrogen) atoms. The largest absolute Gasteiger partial charge is 0.487 e. The average molecular weight is 481 g/mol. The molecule has 0 amide bonds. The Balaban J connectivity index is 1.15. The molecular weight excluding hydrogens is 448 g/mol. The van der Waals surface area contributed by atoms with Gasteiger partial charge in [-0.15, -0.1) is 0 Å². The van der Waals surface area contributed by atoms with Gasteiger partial charge in [0, 0.05) is 50.9 Å². The zero-order valence-electron chi connectivity index (χ0n) is 20.2. The number of rotatable bonds is 7. The van der Waals surface area contributed by atoms with Crippen LogP contribution in [0.1, 0.15) is 38.6 Å². The zero-order valence-corrected chi connectivity index (χ0v) is 20.2. The lowest BCUT2D eigenvalue weighted by molar-refractivity contribution is 0.131. The molecule has 0 radical (unpaired) electrons. The van der Waals surface area contributed by atoms with Gasteiger partial charge in [-0.2, -0.15) is 4.98 Å². The van der Waals surface area contributed by atoms with Crippen molar-refractivity contribution in [1.29, 1.82) is 0 Å². The molecule has 2 aliphatic heterocycles. The number of ether oxygens (including phenoxy) is 1. The van der Waals surface area contributed by atoms with E-state index in [1.807, 2.05) is 17.9 Å². The molecule has 2 saturated heterocycles. The van der Waals surface area contributed by atoms with Crippen molar-refractivity contribution < 1.29 is 9.26 Å². The molecule has 5 heterocycles. The lowest BCUT2D eigenvalue weighted by Crippen LogP contribution is -2.38. The standard InChI is InChI=1S/C24H32N8O3/c1-3-21-28-24(35-29-21)30-10-7-17(8-11-30)16(2)34-18-12-26-23(27-13-18)31-14-19(25)20(15-31)32-9-5-4-6-22(32)33/h4-6,9,12-13,16-17,19-20H,3,7-8,10-11,14-15,25H2,1-2H3/t16-,19+,20+/m0/s1. The van der Waals surface area contributed by atoms with Crippen LogP contribution in [0.2, 0.25) is 0 Å². The Labute approximate surface area is 203 Å². The maximum Gasteiger partial charge on any atom is 0.324 e. The zero-order chi connectivity index (χ0) is 24.4. The van der Waals surface area contributed by atoms with Crippen LogP contribution in [-0.4, -0.2) is 63.0 Å². The van der Waals surface area contributed by atoms with Gasteiger partial charge in [0.25, 0.3) is 5.56 Å². The van der Waals surface area contributed by atoms with Crippen molar-refractivity contribution in [2.24, 2.45) is 11.7 Å². The number of nitrogens with zero attached hydrogens (tertiary/aromatic N) is 7. The minimum atomic E-state index is -0.179. The second-order valence-corrected chi connectivity index (χ2v) is 9.30. The van der Waals surface area contributed by atoms with Crippen LogP contribution >= 0.6 is 0 Å². The van der Waals surface area contributed by atoms with Crippen LogP contribution in [0.15, 0.2) is 46.1 Å². The number of hydrogen-bond donors (Lipinski definition) is 1. The van der Waals surface area contributed by atoms with E-state index in [9.17, 15) is 4.79 Å². The number of piperidine rings is 1. The Morgan fingerprint density at radius 3 is 2.63 bits per heavy atom. The summed E-state index contributed by atoms with van der Waals surface area (Å²) in [5, 5.41) is 3.99.